The van der Waals surface area contributed by atoms with E-state index in [1.54, 1.807) is 30.2 Å². The first-order valence-corrected chi connectivity index (χ1v) is 10.7. The van der Waals surface area contributed by atoms with Crippen LogP contribution in [0.5, 0.6) is 0 Å². The number of aromatic amines is 1. The molecule has 7 nitrogen and oxygen atoms in total. The molecule has 0 saturated heterocycles. The third-order valence-corrected chi connectivity index (χ3v) is 5.47. The lowest BCUT2D eigenvalue weighted by atomic mass is 10.2. The summed E-state index contributed by atoms with van der Waals surface area (Å²) in [6.45, 7) is 0. The van der Waals surface area contributed by atoms with Crippen LogP contribution < -0.4 is 5.32 Å². The van der Waals surface area contributed by atoms with Gasteiger partial charge in [0.05, 0.1) is 22.8 Å². The number of nitrogens with zero attached hydrogens (tertiary/aromatic N) is 4. The van der Waals surface area contributed by atoms with Crippen molar-refractivity contribution in [2.24, 2.45) is 7.05 Å². The lowest BCUT2D eigenvalue weighted by Gasteiger charge is -2.18. The molecule has 0 bridgehead atoms. The van der Waals surface area contributed by atoms with E-state index in [-0.39, 0.29) is 11.9 Å². The van der Waals surface area contributed by atoms with Crippen molar-refractivity contribution in [1.82, 2.24) is 30.0 Å². The van der Waals surface area contributed by atoms with E-state index in [0.717, 1.165) is 34.6 Å². The average Bonchev–Trinajstić information content (AvgIpc) is 3.37. The summed E-state index contributed by atoms with van der Waals surface area (Å²) < 4.78 is 2.05. The minimum Gasteiger partial charge on any atom is -0.341 e. The van der Waals surface area contributed by atoms with Crippen LogP contribution in [-0.4, -0.2) is 42.6 Å². The van der Waals surface area contributed by atoms with Crippen LogP contribution in [0.4, 0.5) is 0 Å². The molecule has 0 aliphatic carbocycles. The fourth-order valence-electron chi connectivity index (χ4n) is 3.31. The van der Waals surface area contributed by atoms with Crippen molar-refractivity contribution in [3.8, 4) is 11.3 Å². The number of rotatable bonds is 7. The van der Waals surface area contributed by atoms with E-state index in [2.05, 4.69) is 31.3 Å². The molecule has 0 unspecified atom stereocenters. The second-order valence-corrected chi connectivity index (χ2v) is 7.72. The smallest absolute Gasteiger partial charge is 0.269 e. The topological polar surface area (TPSA) is 88.5 Å². The molecule has 29 heavy (non-hydrogen) atoms. The molecule has 4 rings (SSSR count). The van der Waals surface area contributed by atoms with Gasteiger partial charge in [-0.1, -0.05) is 12.1 Å². The van der Waals surface area contributed by atoms with Gasteiger partial charge < -0.3 is 9.88 Å². The summed E-state index contributed by atoms with van der Waals surface area (Å²) in [5.74, 6) is 1.56. The van der Waals surface area contributed by atoms with Crippen molar-refractivity contribution >= 4 is 28.7 Å². The maximum absolute atomic E-state index is 12.9. The van der Waals surface area contributed by atoms with E-state index in [9.17, 15) is 4.79 Å². The summed E-state index contributed by atoms with van der Waals surface area (Å²) in [6, 6.07) is 13.3. The fourth-order valence-corrected chi connectivity index (χ4v) is 3.78. The number of para-hydroxylation sites is 2. The Bertz CT molecular complexity index is 1120. The van der Waals surface area contributed by atoms with Crippen LogP contribution in [0, 0.1) is 0 Å². The third-order valence-electron chi connectivity index (χ3n) is 4.83. The molecule has 0 fully saturated rings. The van der Waals surface area contributed by atoms with Crippen LogP contribution in [0.2, 0.25) is 0 Å². The van der Waals surface area contributed by atoms with Crippen LogP contribution in [0.25, 0.3) is 22.3 Å². The van der Waals surface area contributed by atoms with Crippen LogP contribution in [-0.2, 0) is 7.05 Å². The standard InChI is InChI=1S/C21H22N6OS/c1-27-19-8-4-3-7-15(19)23-20(27)16(9-11-29-2)24-21(28)18-12-17(25-26-18)14-6-5-10-22-13-14/h3-8,10,12-13,16H,9,11H2,1-2H3,(H,24,28)(H,25,26)/t16-/m0/s1. The summed E-state index contributed by atoms with van der Waals surface area (Å²) in [5, 5.41) is 10.2. The number of thioether (sulfide) groups is 1. The Labute approximate surface area is 173 Å². The van der Waals surface area contributed by atoms with Gasteiger partial charge in [-0.2, -0.15) is 16.9 Å². The maximum atomic E-state index is 12.9. The van der Waals surface area contributed by atoms with Gasteiger partial charge in [-0.3, -0.25) is 14.9 Å². The van der Waals surface area contributed by atoms with Gasteiger partial charge in [-0.25, -0.2) is 4.98 Å². The Morgan fingerprint density at radius 2 is 2.14 bits per heavy atom. The molecular weight excluding hydrogens is 384 g/mol. The Morgan fingerprint density at radius 1 is 1.28 bits per heavy atom. The van der Waals surface area contributed by atoms with Gasteiger partial charge in [-0.05, 0) is 48.8 Å². The summed E-state index contributed by atoms with van der Waals surface area (Å²) in [6.07, 6.45) is 6.27. The van der Waals surface area contributed by atoms with E-state index in [4.69, 9.17) is 4.98 Å². The highest BCUT2D eigenvalue weighted by Gasteiger charge is 2.22. The summed E-state index contributed by atoms with van der Waals surface area (Å²) in [4.78, 5) is 21.8. The van der Waals surface area contributed by atoms with Crippen molar-refractivity contribution in [2.75, 3.05) is 12.0 Å². The van der Waals surface area contributed by atoms with Gasteiger partial charge in [0.1, 0.15) is 11.5 Å². The van der Waals surface area contributed by atoms with E-state index < -0.39 is 0 Å². The number of pyridine rings is 1. The molecule has 0 aliphatic rings. The Kier molecular flexibility index (Phi) is 5.62. The minimum atomic E-state index is -0.203. The van der Waals surface area contributed by atoms with Crippen molar-refractivity contribution in [2.45, 2.75) is 12.5 Å². The highest BCUT2D eigenvalue weighted by molar-refractivity contribution is 7.98. The normalized spacial score (nSPS) is 12.2. The lowest BCUT2D eigenvalue weighted by molar-refractivity contribution is 0.0928. The maximum Gasteiger partial charge on any atom is 0.269 e. The average molecular weight is 407 g/mol. The van der Waals surface area contributed by atoms with Gasteiger partial charge in [0, 0.05) is 25.0 Å². The zero-order valence-corrected chi connectivity index (χ0v) is 17.1. The van der Waals surface area contributed by atoms with E-state index in [1.807, 2.05) is 43.4 Å². The highest BCUT2D eigenvalue weighted by Crippen LogP contribution is 2.23. The molecule has 1 atom stereocenters. The number of carbonyl (C=O) groups excluding carboxylic acids is 1. The number of nitrogens with one attached hydrogen (secondary N) is 2. The zero-order valence-electron chi connectivity index (χ0n) is 16.3. The van der Waals surface area contributed by atoms with Crippen LogP contribution >= 0.6 is 11.8 Å². The number of imidazole rings is 1. The number of hydrogen-bond acceptors (Lipinski definition) is 5. The Balaban J connectivity index is 1.59. The number of H-pyrrole nitrogens is 1. The van der Waals surface area contributed by atoms with E-state index in [1.165, 1.54) is 0 Å². The second kappa shape index (κ2) is 8.48. The van der Waals surface area contributed by atoms with E-state index >= 15 is 0 Å². The van der Waals surface area contributed by atoms with Crippen LogP contribution in [0.15, 0.2) is 54.9 Å². The van der Waals surface area contributed by atoms with E-state index in [0.29, 0.717) is 11.4 Å². The number of aryl methyl sites for hydroxylation is 1. The van der Waals surface area contributed by atoms with Gasteiger partial charge in [0.2, 0.25) is 0 Å². The van der Waals surface area contributed by atoms with Crippen molar-refractivity contribution in [1.29, 1.82) is 0 Å². The predicted octanol–water partition coefficient (Wildman–Crippen LogP) is 3.58. The van der Waals surface area contributed by atoms with Gasteiger partial charge in [-0.15, -0.1) is 0 Å². The molecule has 3 aromatic heterocycles. The van der Waals surface area contributed by atoms with Crippen molar-refractivity contribution in [3.63, 3.8) is 0 Å². The van der Waals surface area contributed by atoms with Crippen LogP contribution in [0.1, 0.15) is 28.8 Å². The monoisotopic (exact) mass is 406 g/mol. The SMILES string of the molecule is CSCC[C@H](NC(=O)c1cc(-c2cccnc2)n[nH]1)c1nc2ccccc2n1C. The minimum absolute atomic E-state index is 0.197. The molecule has 0 spiro atoms. The Hall–Kier alpha value is -3.13. The molecule has 0 aliphatic heterocycles. The summed E-state index contributed by atoms with van der Waals surface area (Å²) >= 11 is 1.75. The van der Waals surface area contributed by atoms with Crippen LogP contribution in [0.3, 0.4) is 0 Å². The molecule has 3 heterocycles. The molecule has 0 radical (unpaired) electrons. The quantitative estimate of drug-likeness (QED) is 0.490. The van der Waals surface area contributed by atoms with Crippen molar-refractivity contribution in [3.05, 3.63) is 66.4 Å². The highest BCUT2D eigenvalue weighted by atomic mass is 32.2. The predicted molar refractivity (Wildman–Crippen MR) is 116 cm³/mol. The van der Waals surface area contributed by atoms with Gasteiger partial charge in [0.25, 0.3) is 5.91 Å². The number of amides is 1. The zero-order chi connectivity index (χ0) is 20.2. The molecule has 148 valence electrons. The molecule has 4 aromatic rings. The number of fused-ring (bicyclic) bond motifs is 1. The summed E-state index contributed by atoms with van der Waals surface area (Å²) in [5.41, 5.74) is 3.93. The van der Waals surface area contributed by atoms with Gasteiger partial charge >= 0.3 is 0 Å². The first-order chi connectivity index (χ1) is 14.2. The fraction of sp³-hybridized carbons (Fsp3) is 0.238. The lowest BCUT2D eigenvalue weighted by Crippen LogP contribution is -2.31. The second-order valence-electron chi connectivity index (χ2n) is 6.73. The van der Waals surface area contributed by atoms with Gasteiger partial charge in [0.15, 0.2) is 0 Å². The largest absolute Gasteiger partial charge is 0.341 e. The number of hydrogen-bond donors (Lipinski definition) is 2. The number of carbonyl (C=O) groups is 1. The first-order valence-electron chi connectivity index (χ1n) is 9.34. The van der Waals surface area contributed by atoms with Crippen molar-refractivity contribution < 1.29 is 4.79 Å². The molecule has 2 N–H and O–H groups in total. The third kappa shape index (κ3) is 4.02. The summed E-state index contributed by atoms with van der Waals surface area (Å²) in [7, 11) is 1.99. The first kappa shape index (κ1) is 19.2. The molecule has 1 aromatic carbocycles. The molecule has 1 amide bonds. The molecule has 8 heteroatoms. The molecule has 0 saturated carbocycles. The molecular formula is C21H22N6OS. The number of benzene rings is 1. The Morgan fingerprint density at radius 3 is 2.90 bits per heavy atom. The number of aromatic nitrogens is 5.